The molecule has 6 nitrogen and oxygen atoms in total. The van der Waals surface area contributed by atoms with Crippen LogP contribution in [0.2, 0.25) is 0 Å². The molecule has 0 unspecified atom stereocenters. The fourth-order valence-corrected chi connectivity index (χ4v) is 3.34. The summed E-state index contributed by atoms with van der Waals surface area (Å²) in [6.07, 6.45) is 2.43. The summed E-state index contributed by atoms with van der Waals surface area (Å²) in [6.45, 7) is 0. The number of Topliss-reactive ketones (excluding diaryl/α,β-unsaturated/α-hetero) is 1. The summed E-state index contributed by atoms with van der Waals surface area (Å²) in [4.78, 5) is 12.7. The van der Waals surface area contributed by atoms with Gasteiger partial charge in [0.15, 0.2) is 5.78 Å². The van der Waals surface area contributed by atoms with Crippen molar-refractivity contribution >= 4 is 11.9 Å². The van der Waals surface area contributed by atoms with Crippen molar-refractivity contribution in [2.75, 3.05) is 21.3 Å². The minimum absolute atomic E-state index is 0.0388. The van der Waals surface area contributed by atoms with Crippen LogP contribution in [0.5, 0.6) is 17.2 Å². The van der Waals surface area contributed by atoms with Crippen LogP contribution in [0.4, 0.5) is 0 Å². The second-order valence-electron chi connectivity index (χ2n) is 6.51. The van der Waals surface area contributed by atoms with Crippen LogP contribution in [0.3, 0.4) is 0 Å². The predicted molar refractivity (Wildman–Crippen MR) is 106 cm³/mol. The van der Waals surface area contributed by atoms with Crippen molar-refractivity contribution in [1.29, 1.82) is 0 Å². The van der Waals surface area contributed by atoms with Gasteiger partial charge in [0.1, 0.15) is 17.2 Å². The van der Waals surface area contributed by atoms with Gasteiger partial charge in [-0.3, -0.25) is 9.89 Å². The number of hydrogen-bond acceptors (Lipinski definition) is 5. The molecule has 0 saturated carbocycles. The van der Waals surface area contributed by atoms with Crippen molar-refractivity contribution in [2.45, 2.75) is 6.42 Å². The number of carbonyl (C=O) groups excluding carboxylic acids is 1. The van der Waals surface area contributed by atoms with Crippen LogP contribution < -0.4 is 14.2 Å². The third-order valence-corrected chi connectivity index (χ3v) is 4.80. The third-order valence-electron chi connectivity index (χ3n) is 4.80. The van der Waals surface area contributed by atoms with Crippen LogP contribution in [0.15, 0.2) is 48.0 Å². The van der Waals surface area contributed by atoms with E-state index in [0.29, 0.717) is 17.9 Å². The Morgan fingerprint density at radius 2 is 1.64 bits per heavy atom. The Morgan fingerprint density at radius 3 is 2.32 bits per heavy atom. The van der Waals surface area contributed by atoms with Gasteiger partial charge in [-0.25, -0.2) is 0 Å². The highest BCUT2D eigenvalue weighted by molar-refractivity contribution is 6.15. The molecular weight excluding hydrogens is 356 g/mol. The Hall–Kier alpha value is -3.54. The molecule has 0 spiro atoms. The summed E-state index contributed by atoms with van der Waals surface area (Å²) in [5, 5.41) is 7.36. The third kappa shape index (κ3) is 3.24. The quantitative estimate of drug-likeness (QED) is 0.683. The largest absolute Gasteiger partial charge is 0.497 e. The Bertz CT molecular complexity index is 1060. The first kappa shape index (κ1) is 17.9. The highest BCUT2D eigenvalue weighted by atomic mass is 16.5. The number of benzene rings is 2. The summed E-state index contributed by atoms with van der Waals surface area (Å²) < 4.78 is 15.9. The summed E-state index contributed by atoms with van der Waals surface area (Å²) in [5.74, 6) is 2.17. The molecule has 1 aliphatic carbocycles. The molecule has 0 atom stereocenters. The van der Waals surface area contributed by atoms with Gasteiger partial charge in [0.25, 0.3) is 0 Å². The van der Waals surface area contributed by atoms with Gasteiger partial charge >= 0.3 is 0 Å². The zero-order chi connectivity index (χ0) is 19.7. The number of ether oxygens (including phenoxy) is 3. The fraction of sp³-hybridized carbons (Fsp3) is 0.182. The van der Waals surface area contributed by atoms with Crippen molar-refractivity contribution in [1.82, 2.24) is 10.2 Å². The van der Waals surface area contributed by atoms with Crippen molar-refractivity contribution in [2.24, 2.45) is 0 Å². The van der Waals surface area contributed by atoms with Gasteiger partial charge in [-0.2, -0.15) is 5.10 Å². The number of H-pyrrole nitrogens is 1. The standard InChI is InChI=1S/C22H20N2O4/c1-26-17-4-5-20-13(8-17)6-15(22(20)25)7-16-11-21(24-23-16)14-9-18(27-2)12-19(10-14)28-3/h4-5,7-12H,6H2,1-3H3,(H,23,24)/b15-7+. The number of fused-ring (bicyclic) bond motifs is 1. The van der Waals surface area contributed by atoms with E-state index in [1.165, 1.54) is 0 Å². The lowest BCUT2D eigenvalue weighted by Crippen LogP contribution is -1.95. The summed E-state index contributed by atoms with van der Waals surface area (Å²) in [7, 11) is 4.84. The van der Waals surface area contributed by atoms with Crippen LogP contribution in [0.25, 0.3) is 17.3 Å². The van der Waals surface area contributed by atoms with Crippen LogP contribution in [0, 0.1) is 0 Å². The zero-order valence-corrected chi connectivity index (χ0v) is 15.9. The highest BCUT2D eigenvalue weighted by Gasteiger charge is 2.25. The van der Waals surface area contributed by atoms with Crippen LogP contribution >= 0.6 is 0 Å². The van der Waals surface area contributed by atoms with Gasteiger partial charge in [-0.15, -0.1) is 0 Å². The number of hydrogen-bond donors (Lipinski definition) is 1. The van der Waals surface area contributed by atoms with Crippen molar-refractivity contribution in [3.63, 3.8) is 0 Å². The number of methoxy groups -OCH3 is 3. The average Bonchev–Trinajstić information content (AvgIpc) is 3.32. The topological polar surface area (TPSA) is 73.4 Å². The van der Waals surface area contributed by atoms with Crippen molar-refractivity contribution < 1.29 is 19.0 Å². The molecule has 1 aromatic heterocycles. The molecule has 1 aliphatic rings. The van der Waals surface area contributed by atoms with E-state index in [1.54, 1.807) is 21.3 Å². The molecule has 28 heavy (non-hydrogen) atoms. The molecule has 0 bridgehead atoms. The lowest BCUT2D eigenvalue weighted by atomic mass is 10.1. The molecule has 6 heteroatoms. The number of rotatable bonds is 5. The smallest absolute Gasteiger partial charge is 0.189 e. The van der Waals surface area contributed by atoms with Gasteiger partial charge in [0, 0.05) is 29.2 Å². The van der Waals surface area contributed by atoms with Crippen molar-refractivity contribution in [3.05, 3.63) is 64.9 Å². The minimum Gasteiger partial charge on any atom is -0.497 e. The lowest BCUT2D eigenvalue weighted by molar-refractivity contribution is 0.104. The van der Waals surface area contributed by atoms with E-state index < -0.39 is 0 Å². The van der Waals surface area contributed by atoms with Crippen LogP contribution in [0.1, 0.15) is 21.6 Å². The summed E-state index contributed by atoms with van der Waals surface area (Å²) in [5.41, 5.74) is 4.80. The summed E-state index contributed by atoms with van der Waals surface area (Å²) in [6, 6.07) is 13.0. The van der Waals surface area contributed by atoms with E-state index >= 15 is 0 Å². The van der Waals surface area contributed by atoms with E-state index in [9.17, 15) is 4.79 Å². The lowest BCUT2D eigenvalue weighted by Gasteiger charge is -2.06. The van der Waals surface area contributed by atoms with Gasteiger partial charge < -0.3 is 14.2 Å². The van der Waals surface area contributed by atoms with E-state index in [2.05, 4.69) is 10.2 Å². The molecule has 4 rings (SSSR count). The number of aromatic nitrogens is 2. The van der Waals surface area contributed by atoms with Gasteiger partial charge in [0.2, 0.25) is 0 Å². The molecule has 1 N–H and O–H groups in total. The molecule has 0 fully saturated rings. The number of nitrogens with one attached hydrogen (secondary N) is 1. The first-order valence-corrected chi connectivity index (χ1v) is 8.82. The number of nitrogens with zero attached hydrogens (tertiary/aromatic N) is 1. The molecular formula is C22H20N2O4. The molecule has 0 amide bonds. The van der Waals surface area contributed by atoms with Crippen LogP contribution in [-0.4, -0.2) is 37.3 Å². The fourth-order valence-electron chi connectivity index (χ4n) is 3.34. The minimum atomic E-state index is 0.0388. The Balaban J connectivity index is 1.63. The van der Waals surface area contributed by atoms with Gasteiger partial charge in [-0.1, -0.05) is 0 Å². The molecule has 2 aromatic carbocycles. The molecule has 142 valence electrons. The second kappa shape index (κ2) is 7.23. The normalized spacial score (nSPS) is 14.2. The van der Waals surface area contributed by atoms with Crippen molar-refractivity contribution in [3.8, 4) is 28.5 Å². The van der Waals surface area contributed by atoms with E-state index in [0.717, 1.165) is 39.4 Å². The Labute approximate surface area is 162 Å². The van der Waals surface area contributed by atoms with E-state index in [1.807, 2.05) is 48.5 Å². The molecule has 3 aromatic rings. The second-order valence-corrected chi connectivity index (χ2v) is 6.51. The Kier molecular flexibility index (Phi) is 4.61. The van der Waals surface area contributed by atoms with Crippen LogP contribution in [-0.2, 0) is 6.42 Å². The van der Waals surface area contributed by atoms with E-state index in [-0.39, 0.29) is 5.78 Å². The molecule has 0 saturated heterocycles. The first-order chi connectivity index (χ1) is 13.6. The predicted octanol–water partition coefficient (Wildman–Crippen LogP) is 3.92. The molecule has 0 aliphatic heterocycles. The number of allylic oxidation sites excluding steroid dienone is 1. The maximum absolute atomic E-state index is 12.7. The van der Waals surface area contributed by atoms with E-state index in [4.69, 9.17) is 14.2 Å². The number of aromatic amines is 1. The Morgan fingerprint density at radius 1 is 0.929 bits per heavy atom. The summed E-state index contributed by atoms with van der Waals surface area (Å²) >= 11 is 0. The zero-order valence-electron chi connectivity index (χ0n) is 15.9. The average molecular weight is 376 g/mol. The monoisotopic (exact) mass is 376 g/mol. The SMILES string of the molecule is COc1cc(OC)cc(-c2cc(/C=C3\Cc4cc(OC)ccc4C3=O)[nH]n2)c1. The number of carbonyl (C=O) groups is 1. The molecule has 0 radical (unpaired) electrons. The van der Waals surface area contributed by atoms with Gasteiger partial charge in [-0.05, 0) is 48.0 Å². The first-order valence-electron chi connectivity index (χ1n) is 8.82. The molecule has 1 heterocycles. The maximum Gasteiger partial charge on any atom is 0.189 e. The maximum atomic E-state index is 12.7. The van der Waals surface area contributed by atoms with Gasteiger partial charge in [0.05, 0.1) is 32.7 Å². The highest BCUT2D eigenvalue weighted by Crippen LogP contribution is 2.32. The number of ketones is 1.